The van der Waals surface area contributed by atoms with Crippen LogP contribution in [0, 0.1) is 0 Å². The summed E-state index contributed by atoms with van der Waals surface area (Å²) < 4.78 is 5.66. The van der Waals surface area contributed by atoms with Crippen LogP contribution in [0.1, 0.15) is 50.2 Å². The van der Waals surface area contributed by atoms with Crippen molar-refractivity contribution in [2.24, 2.45) is 0 Å². The van der Waals surface area contributed by atoms with Gasteiger partial charge < -0.3 is 19.8 Å². The molecule has 3 aromatic rings. The Balaban J connectivity index is 1.27. The zero-order chi connectivity index (χ0) is 21.8. The van der Waals surface area contributed by atoms with Crippen molar-refractivity contribution in [1.82, 2.24) is 9.88 Å². The Morgan fingerprint density at radius 2 is 1.77 bits per heavy atom. The van der Waals surface area contributed by atoms with Crippen LogP contribution in [0.15, 0.2) is 60.8 Å². The van der Waals surface area contributed by atoms with Crippen molar-refractivity contribution in [3.8, 4) is 5.75 Å². The van der Waals surface area contributed by atoms with Gasteiger partial charge >= 0.3 is 0 Å². The van der Waals surface area contributed by atoms with E-state index in [9.17, 15) is 10.2 Å². The molecule has 0 amide bonds. The van der Waals surface area contributed by atoms with Gasteiger partial charge in [0, 0.05) is 43.2 Å². The highest BCUT2D eigenvalue weighted by molar-refractivity contribution is 5.78. The fourth-order valence-electron chi connectivity index (χ4n) is 4.20. The summed E-state index contributed by atoms with van der Waals surface area (Å²) in [5.74, 6) is 1.16. The zero-order valence-corrected chi connectivity index (χ0v) is 18.4. The fourth-order valence-corrected chi connectivity index (χ4v) is 4.20. The van der Waals surface area contributed by atoms with Gasteiger partial charge in [-0.15, -0.1) is 0 Å². The lowest BCUT2D eigenvalue weighted by molar-refractivity contribution is -0.0476. The first kappa shape index (κ1) is 21.8. The normalized spacial score (nSPS) is 17.7. The number of nitrogens with zero attached hydrogens (tertiary/aromatic N) is 2. The molecule has 5 heteroatoms. The lowest BCUT2D eigenvalue weighted by Gasteiger charge is -2.38. The van der Waals surface area contributed by atoms with Gasteiger partial charge in [0.25, 0.3) is 0 Å². The van der Waals surface area contributed by atoms with Crippen LogP contribution in [0.3, 0.4) is 0 Å². The fraction of sp³-hybridized carbons (Fsp3) is 0.423. The van der Waals surface area contributed by atoms with Gasteiger partial charge in [-0.05, 0) is 48.6 Å². The Labute approximate surface area is 184 Å². The molecule has 1 fully saturated rings. The molecular formula is C26H32N2O3. The van der Waals surface area contributed by atoms with Crippen LogP contribution in [-0.2, 0) is 5.60 Å². The monoisotopic (exact) mass is 420 g/mol. The number of para-hydroxylation sites is 1. The number of aliphatic hydroxyl groups is 2. The van der Waals surface area contributed by atoms with Crippen molar-refractivity contribution in [3.63, 3.8) is 0 Å². The Morgan fingerprint density at radius 1 is 1.06 bits per heavy atom. The van der Waals surface area contributed by atoms with E-state index >= 15 is 0 Å². The maximum Gasteiger partial charge on any atom is 0.198 e. The molecular weight excluding hydrogens is 388 g/mol. The lowest BCUT2D eigenvalue weighted by atomic mass is 9.85. The Bertz CT molecular complexity index is 995. The summed E-state index contributed by atoms with van der Waals surface area (Å²) in [7, 11) is 0. The summed E-state index contributed by atoms with van der Waals surface area (Å²) in [4.78, 5) is 6.79. The number of fused-ring (bicyclic) bond motifs is 1. The number of aromatic nitrogens is 1. The molecule has 1 aromatic heterocycles. The summed E-state index contributed by atoms with van der Waals surface area (Å²) in [6.45, 7) is 6.59. The van der Waals surface area contributed by atoms with Crippen molar-refractivity contribution >= 4 is 10.9 Å². The highest BCUT2D eigenvalue weighted by atomic mass is 16.6. The van der Waals surface area contributed by atoms with E-state index in [-0.39, 0.29) is 0 Å². The van der Waals surface area contributed by atoms with Gasteiger partial charge in [-0.3, -0.25) is 4.98 Å². The predicted octanol–water partition coefficient (Wildman–Crippen LogP) is 4.43. The highest BCUT2D eigenvalue weighted by Gasteiger charge is 2.34. The number of piperidine rings is 1. The minimum atomic E-state index is -0.846. The summed E-state index contributed by atoms with van der Waals surface area (Å²) >= 11 is 0. The van der Waals surface area contributed by atoms with E-state index < -0.39 is 11.9 Å². The van der Waals surface area contributed by atoms with Crippen molar-refractivity contribution in [3.05, 3.63) is 71.9 Å². The third kappa shape index (κ3) is 5.24. The smallest absolute Gasteiger partial charge is 0.198 e. The number of benzene rings is 2. The van der Waals surface area contributed by atoms with Gasteiger partial charge in [-0.2, -0.15) is 0 Å². The summed E-state index contributed by atoms with van der Waals surface area (Å²) in [6.07, 6.45) is 2.80. The van der Waals surface area contributed by atoms with E-state index in [2.05, 4.69) is 29.8 Å². The van der Waals surface area contributed by atoms with Crippen LogP contribution in [0.25, 0.3) is 10.9 Å². The lowest BCUT2D eigenvalue weighted by Crippen LogP contribution is -2.43. The SMILES string of the molecule is CC(C)c1ccc(OC(O)CCN2CCC(O)(c3cnc4ccccc4c3)CC2)cc1. The number of pyridine rings is 1. The molecule has 0 radical (unpaired) electrons. The van der Waals surface area contributed by atoms with Crippen molar-refractivity contribution < 1.29 is 14.9 Å². The topological polar surface area (TPSA) is 65.8 Å². The number of aliphatic hydroxyl groups excluding tert-OH is 1. The van der Waals surface area contributed by atoms with Crippen molar-refractivity contribution in [1.29, 1.82) is 0 Å². The second kappa shape index (κ2) is 9.35. The Kier molecular flexibility index (Phi) is 6.56. The standard InChI is InChI=1S/C26H32N2O3/c1-19(2)20-7-9-23(10-8-20)31-25(29)11-14-28-15-12-26(30,13-16-28)22-17-21-5-3-4-6-24(21)27-18-22/h3-10,17-19,25,29-30H,11-16H2,1-2H3. The van der Waals surface area contributed by atoms with Gasteiger partial charge in [-0.25, -0.2) is 0 Å². The number of hydrogen-bond acceptors (Lipinski definition) is 5. The third-order valence-corrected chi connectivity index (χ3v) is 6.32. The van der Waals surface area contributed by atoms with Crippen LogP contribution in [0.4, 0.5) is 0 Å². The van der Waals surface area contributed by atoms with E-state index in [0.29, 0.717) is 30.9 Å². The second-order valence-electron chi connectivity index (χ2n) is 8.87. The minimum absolute atomic E-state index is 0.474. The van der Waals surface area contributed by atoms with E-state index in [4.69, 9.17) is 4.74 Å². The minimum Gasteiger partial charge on any atom is -0.465 e. The first-order valence-electron chi connectivity index (χ1n) is 11.2. The van der Waals surface area contributed by atoms with Crippen LogP contribution in [0.2, 0.25) is 0 Å². The average molecular weight is 421 g/mol. The quantitative estimate of drug-likeness (QED) is 0.554. The Morgan fingerprint density at radius 3 is 2.48 bits per heavy atom. The van der Waals surface area contributed by atoms with Crippen LogP contribution in [0.5, 0.6) is 5.75 Å². The maximum absolute atomic E-state index is 11.2. The van der Waals surface area contributed by atoms with Crippen molar-refractivity contribution in [2.45, 2.75) is 50.9 Å². The number of rotatable bonds is 7. The van der Waals surface area contributed by atoms with Gasteiger partial charge in [0.1, 0.15) is 5.75 Å². The van der Waals surface area contributed by atoms with E-state index in [1.54, 1.807) is 6.20 Å². The molecule has 1 saturated heterocycles. The Hall–Kier alpha value is -2.47. The summed E-state index contributed by atoms with van der Waals surface area (Å²) in [5, 5.41) is 22.6. The number of ether oxygens (including phenoxy) is 1. The van der Waals surface area contributed by atoms with E-state index in [1.165, 1.54) is 5.56 Å². The predicted molar refractivity (Wildman–Crippen MR) is 123 cm³/mol. The van der Waals surface area contributed by atoms with Crippen LogP contribution < -0.4 is 4.74 Å². The molecule has 0 bridgehead atoms. The van der Waals surface area contributed by atoms with E-state index in [1.807, 2.05) is 48.5 Å². The molecule has 1 aliphatic heterocycles. The van der Waals surface area contributed by atoms with Gasteiger partial charge in [0.2, 0.25) is 0 Å². The summed E-state index contributed by atoms with van der Waals surface area (Å²) in [5.41, 5.74) is 2.24. The van der Waals surface area contributed by atoms with Gasteiger partial charge in [0.15, 0.2) is 6.29 Å². The first-order chi connectivity index (χ1) is 14.9. The first-order valence-corrected chi connectivity index (χ1v) is 11.2. The molecule has 0 spiro atoms. The molecule has 1 aliphatic rings. The largest absolute Gasteiger partial charge is 0.465 e. The average Bonchev–Trinajstić information content (AvgIpc) is 2.79. The molecule has 5 nitrogen and oxygen atoms in total. The molecule has 0 saturated carbocycles. The molecule has 2 aromatic carbocycles. The number of hydrogen-bond donors (Lipinski definition) is 2. The van der Waals surface area contributed by atoms with Crippen LogP contribution >= 0.6 is 0 Å². The molecule has 2 N–H and O–H groups in total. The maximum atomic E-state index is 11.2. The molecule has 1 atom stereocenters. The van der Waals surface area contributed by atoms with Gasteiger partial charge in [0.05, 0.1) is 11.1 Å². The molecule has 2 heterocycles. The van der Waals surface area contributed by atoms with Crippen molar-refractivity contribution in [2.75, 3.05) is 19.6 Å². The van der Waals surface area contributed by atoms with E-state index in [0.717, 1.165) is 36.1 Å². The van der Waals surface area contributed by atoms with Gasteiger partial charge in [-0.1, -0.05) is 44.2 Å². The molecule has 0 aliphatic carbocycles. The van der Waals surface area contributed by atoms with Crippen LogP contribution in [-0.4, -0.2) is 46.0 Å². The molecule has 4 rings (SSSR count). The summed E-state index contributed by atoms with van der Waals surface area (Å²) in [6, 6.07) is 17.9. The highest BCUT2D eigenvalue weighted by Crippen LogP contribution is 2.33. The molecule has 164 valence electrons. The number of likely N-dealkylation sites (tertiary alicyclic amines) is 1. The second-order valence-corrected chi connectivity index (χ2v) is 8.87. The zero-order valence-electron chi connectivity index (χ0n) is 18.4. The molecule has 31 heavy (non-hydrogen) atoms. The third-order valence-electron chi connectivity index (χ3n) is 6.32. The molecule has 1 unspecified atom stereocenters.